The summed E-state index contributed by atoms with van der Waals surface area (Å²) in [5.41, 5.74) is 2.15. The average molecular weight is 420 g/mol. The Balaban J connectivity index is 1.65. The molecule has 2 N–H and O–H groups in total. The molecule has 1 heterocycles. The number of nitrogens with one attached hydrogen (secondary N) is 2. The van der Waals surface area contributed by atoms with Gasteiger partial charge in [-0.1, -0.05) is 41.9 Å². The predicted octanol–water partition coefficient (Wildman–Crippen LogP) is 2.77. The Morgan fingerprint density at radius 3 is 2.48 bits per heavy atom. The number of amides is 2. The van der Waals surface area contributed by atoms with Crippen LogP contribution < -0.4 is 10.6 Å². The number of esters is 1. The Morgan fingerprint density at radius 2 is 1.86 bits per heavy atom. The summed E-state index contributed by atoms with van der Waals surface area (Å²) in [5.74, 6) is -0.299. The van der Waals surface area contributed by atoms with Gasteiger partial charge in [0, 0.05) is 6.07 Å². The fraction of sp³-hybridized carbons (Fsp3) is 0.400. The van der Waals surface area contributed by atoms with Gasteiger partial charge in [-0.3, -0.25) is 14.4 Å². The highest BCUT2D eigenvalue weighted by atomic mass is 32.2. The summed E-state index contributed by atoms with van der Waals surface area (Å²) >= 11 is 1.09. The molecular formula is C20H25N3O5S. The number of hydrogen-bond donors (Lipinski definition) is 2. The average Bonchev–Trinajstić information content (AvgIpc) is 3.09. The highest BCUT2D eigenvalue weighted by Gasteiger charge is 2.15. The molecule has 2 aromatic rings. The lowest BCUT2D eigenvalue weighted by atomic mass is 10.0. The number of rotatable bonds is 10. The van der Waals surface area contributed by atoms with Crippen LogP contribution in [-0.2, 0) is 19.1 Å². The first-order valence-corrected chi connectivity index (χ1v) is 10.3. The lowest BCUT2D eigenvalue weighted by Crippen LogP contribution is -2.32. The van der Waals surface area contributed by atoms with Crippen LogP contribution in [0.1, 0.15) is 36.3 Å². The zero-order valence-corrected chi connectivity index (χ0v) is 17.5. The van der Waals surface area contributed by atoms with Gasteiger partial charge in [0.05, 0.1) is 17.5 Å². The van der Waals surface area contributed by atoms with Crippen LogP contribution in [0.15, 0.2) is 34.9 Å². The number of aryl methyl sites for hydroxylation is 2. The van der Waals surface area contributed by atoms with Crippen molar-refractivity contribution in [2.45, 2.75) is 33.2 Å². The summed E-state index contributed by atoms with van der Waals surface area (Å²) in [6, 6.07) is 9.37. The molecular weight excluding hydrogens is 394 g/mol. The highest BCUT2D eigenvalue weighted by Crippen LogP contribution is 2.17. The van der Waals surface area contributed by atoms with Crippen molar-refractivity contribution in [3.8, 4) is 0 Å². The molecule has 2 rings (SSSR count). The molecule has 0 radical (unpaired) electrons. The third-order valence-electron chi connectivity index (χ3n) is 3.94. The molecule has 0 fully saturated rings. The van der Waals surface area contributed by atoms with Gasteiger partial charge in [0.15, 0.2) is 12.4 Å². The van der Waals surface area contributed by atoms with Gasteiger partial charge in [-0.25, -0.2) is 0 Å². The normalized spacial score (nSPS) is 11.6. The zero-order chi connectivity index (χ0) is 21.2. The van der Waals surface area contributed by atoms with Crippen molar-refractivity contribution in [2.24, 2.45) is 0 Å². The molecule has 1 aromatic heterocycles. The van der Waals surface area contributed by atoms with E-state index in [0.29, 0.717) is 11.6 Å². The summed E-state index contributed by atoms with van der Waals surface area (Å²) in [6.07, 6.45) is 0.721. The SMILES string of the molecule is CC[C@@H](NC(=O)COC(=O)CSCC(=O)Nc1cc(C)on1)c1ccc(C)cc1. The molecule has 0 unspecified atom stereocenters. The minimum Gasteiger partial charge on any atom is -0.455 e. The summed E-state index contributed by atoms with van der Waals surface area (Å²) in [7, 11) is 0. The molecule has 0 aliphatic heterocycles. The molecule has 29 heavy (non-hydrogen) atoms. The Kier molecular flexibility index (Phi) is 8.72. The van der Waals surface area contributed by atoms with Gasteiger partial charge >= 0.3 is 5.97 Å². The number of nitrogens with zero attached hydrogens (tertiary/aromatic N) is 1. The number of benzene rings is 1. The van der Waals surface area contributed by atoms with E-state index in [1.54, 1.807) is 13.0 Å². The maximum Gasteiger partial charge on any atom is 0.316 e. The Hall–Kier alpha value is -2.81. The Bertz CT molecular complexity index is 835. The summed E-state index contributed by atoms with van der Waals surface area (Å²) in [5, 5.41) is 9.06. The fourth-order valence-corrected chi connectivity index (χ4v) is 3.08. The first-order valence-electron chi connectivity index (χ1n) is 9.19. The van der Waals surface area contributed by atoms with Crippen LogP contribution in [0.4, 0.5) is 5.82 Å². The van der Waals surface area contributed by atoms with Gasteiger partial charge in [-0.15, -0.1) is 11.8 Å². The van der Waals surface area contributed by atoms with Crippen LogP contribution >= 0.6 is 11.8 Å². The van der Waals surface area contributed by atoms with Gasteiger partial charge in [-0.2, -0.15) is 0 Å². The van der Waals surface area contributed by atoms with Crippen LogP contribution in [0.2, 0.25) is 0 Å². The van der Waals surface area contributed by atoms with E-state index in [1.807, 2.05) is 38.1 Å². The van der Waals surface area contributed by atoms with E-state index in [4.69, 9.17) is 9.26 Å². The maximum absolute atomic E-state index is 12.1. The van der Waals surface area contributed by atoms with Crippen molar-refractivity contribution < 1.29 is 23.6 Å². The molecule has 1 atom stereocenters. The maximum atomic E-state index is 12.1. The fourth-order valence-electron chi connectivity index (χ4n) is 2.47. The largest absolute Gasteiger partial charge is 0.455 e. The predicted molar refractivity (Wildman–Crippen MR) is 111 cm³/mol. The van der Waals surface area contributed by atoms with Crippen molar-refractivity contribution in [1.82, 2.24) is 10.5 Å². The lowest BCUT2D eigenvalue weighted by molar-refractivity contribution is -0.146. The van der Waals surface area contributed by atoms with Gasteiger partial charge in [0.1, 0.15) is 5.76 Å². The minimum absolute atomic E-state index is 0.0340. The van der Waals surface area contributed by atoms with Gasteiger partial charge in [-0.05, 0) is 25.8 Å². The monoisotopic (exact) mass is 419 g/mol. The molecule has 0 saturated carbocycles. The van der Waals surface area contributed by atoms with Crippen LogP contribution in [0.5, 0.6) is 0 Å². The number of hydrogen-bond acceptors (Lipinski definition) is 7. The Labute approximate surface area is 173 Å². The third-order valence-corrected chi connectivity index (χ3v) is 4.84. The van der Waals surface area contributed by atoms with E-state index in [2.05, 4.69) is 15.8 Å². The molecule has 0 aliphatic rings. The van der Waals surface area contributed by atoms with Crippen LogP contribution in [-0.4, -0.2) is 41.1 Å². The highest BCUT2D eigenvalue weighted by molar-refractivity contribution is 8.00. The molecule has 0 spiro atoms. The summed E-state index contributed by atoms with van der Waals surface area (Å²) in [6.45, 7) is 5.33. The summed E-state index contributed by atoms with van der Waals surface area (Å²) < 4.78 is 9.82. The molecule has 0 bridgehead atoms. The first kappa shape index (κ1) is 22.5. The number of thioether (sulfide) groups is 1. The topological polar surface area (TPSA) is 111 Å². The van der Waals surface area contributed by atoms with E-state index < -0.39 is 5.97 Å². The first-order chi connectivity index (χ1) is 13.9. The smallest absolute Gasteiger partial charge is 0.316 e. The van der Waals surface area contributed by atoms with E-state index in [-0.39, 0.29) is 36.0 Å². The van der Waals surface area contributed by atoms with Crippen LogP contribution in [0.3, 0.4) is 0 Å². The standard InChI is InChI=1S/C20H25N3O5S/c1-4-16(15-7-5-13(2)6-8-15)21-18(24)10-27-20(26)12-29-11-19(25)22-17-9-14(3)28-23-17/h5-9,16H,4,10-12H2,1-3H3,(H,21,24)(H,22,23,25)/t16-/m1/s1. The number of ether oxygens (including phenoxy) is 1. The minimum atomic E-state index is -0.557. The molecule has 2 amide bonds. The zero-order valence-electron chi connectivity index (χ0n) is 16.7. The molecule has 1 aromatic carbocycles. The van der Waals surface area contributed by atoms with E-state index in [1.165, 1.54) is 0 Å². The number of carbonyl (C=O) groups is 3. The van der Waals surface area contributed by atoms with Gasteiger partial charge in [0.25, 0.3) is 5.91 Å². The van der Waals surface area contributed by atoms with Crippen molar-refractivity contribution in [2.75, 3.05) is 23.4 Å². The van der Waals surface area contributed by atoms with Crippen molar-refractivity contribution >= 4 is 35.4 Å². The lowest BCUT2D eigenvalue weighted by Gasteiger charge is -2.17. The molecule has 9 heteroatoms. The van der Waals surface area contributed by atoms with Crippen LogP contribution in [0, 0.1) is 13.8 Å². The second-order valence-corrected chi connectivity index (χ2v) is 7.45. The van der Waals surface area contributed by atoms with Crippen molar-refractivity contribution in [3.05, 3.63) is 47.2 Å². The molecule has 0 aliphatic carbocycles. The second kappa shape index (κ2) is 11.3. The molecule has 0 saturated heterocycles. The number of carbonyl (C=O) groups excluding carboxylic acids is 3. The number of aromatic nitrogens is 1. The van der Waals surface area contributed by atoms with Crippen molar-refractivity contribution in [1.29, 1.82) is 0 Å². The van der Waals surface area contributed by atoms with E-state index >= 15 is 0 Å². The quantitative estimate of drug-likeness (QED) is 0.570. The summed E-state index contributed by atoms with van der Waals surface area (Å²) in [4.78, 5) is 35.6. The second-order valence-electron chi connectivity index (χ2n) is 6.46. The van der Waals surface area contributed by atoms with E-state index in [9.17, 15) is 14.4 Å². The number of anilines is 1. The molecule has 8 nitrogen and oxygen atoms in total. The van der Waals surface area contributed by atoms with Crippen molar-refractivity contribution in [3.63, 3.8) is 0 Å². The third kappa shape index (κ3) is 7.98. The van der Waals surface area contributed by atoms with Crippen LogP contribution in [0.25, 0.3) is 0 Å². The molecule has 156 valence electrons. The van der Waals surface area contributed by atoms with Gasteiger partial charge < -0.3 is 19.9 Å². The Morgan fingerprint density at radius 1 is 1.14 bits per heavy atom. The van der Waals surface area contributed by atoms with E-state index in [0.717, 1.165) is 29.3 Å². The van der Waals surface area contributed by atoms with Gasteiger partial charge in [0.2, 0.25) is 5.91 Å².